The van der Waals surface area contributed by atoms with Crippen molar-refractivity contribution in [1.29, 1.82) is 0 Å². The Bertz CT molecular complexity index is 1070. The number of anilines is 1. The zero-order chi connectivity index (χ0) is 20.0. The maximum Gasteiger partial charge on any atom is 0.412 e. The van der Waals surface area contributed by atoms with Gasteiger partial charge >= 0.3 is 12.1 Å². The number of nitrogens with zero attached hydrogens (tertiary/aromatic N) is 1. The van der Waals surface area contributed by atoms with Crippen LogP contribution in [0.3, 0.4) is 0 Å². The first-order valence-corrected chi connectivity index (χ1v) is 10.3. The van der Waals surface area contributed by atoms with Crippen molar-refractivity contribution in [2.75, 3.05) is 11.9 Å². The van der Waals surface area contributed by atoms with Crippen molar-refractivity contribution in [1.82, 2.24) is 4.98 Å². The summed E-state index contributed by atoms with van der Waals surface area (Å²) in [4.78, 5) is 28.0. The third kappa shape index (κ3) is 3.27. The molecule has 0 bridgehead atoms. The molecule has 0 radical (unpaired) electrons. The fourth-order valence-electron chi connectivity index (χ4n) is 3.80. The maximum absolute atomic E-state index is 12.4. The fraction of sp³-hybridized carbons (Fsp3) is 0.227. The van der Waals surface area contributed by atoms with Gasteiger partial charge in [0.15, 0.2) is 5.69 Å². The number of benzene rings is 2. The maximum atomic E-state index is 12.4. The van der Waals surface area contributed by atoms with Crippen LogP contribution in [-0.2, 0) is 4.74 Å². The summed E-state index contributed by atoms with van der Waals surface area (Å²) in [5.41, 5.74) is 4.44. The summed E-state index contributed by atoms with van der Waals surface area (Å²) in [6.07, 6.45) is 1.36. The Balaban J connectivity index is 1.32. The van der Waals surface area contributed by atoms with Gasteiger partial charge in [0, 0.05) is 11.8 Å². The number of amides is 1. The Morgan fingerprint density at radius 2 is 1.69 bits per heavy atom. The highest BCUT2D eigenvalue weighted by Gasteiger charge is 2.31. The highest BCUT2D eigenvalue weighted by molar-refractivity contribution is 7.16. The Morgan fingerprint density at radius 1 is 1.07 bits per heavy atom. The lowest BCUT2D eigenvalue weighted by atomic mass is 9.98. The molecule has 0 unspecified atom stereocenters. The summed E-state index contributed by atoms with van der Waals surface area (Å²) in [6.45, 7) is 0.177. The van der Waals surface area contributed by atoms with Crippen LogP contribution in [0.2, 0.25) is 0 Å². The molecule has 5 rings (SSSR count). The highest BCUT2D eigenvalue weighted by atomic mass is 32.1. The van der Waals surface area contributed by atoms with Gasteiger partial charge in [0.2, 0.25) is 0 Å². The largest absolute Gasteiger partial charge is 0.476 e. The van der Waals surface area contributed by atoms with E-state index in [1.807, 2.05) is 24.3 Å². The van der Waals surface area contributed by atoms with Gasteiger partial charge in [-0.1, -0.05) is 59.9 Å². The number of hydrogen-bond donors (Lipinski definition) is 2. The highest BCUT2D eigenvalue weighted by Crippen LogP contribution is 2.45. The Morgan fingerprint density at radius 3 is 2.28 bits per heavy atom. The minimum Gasteiger partial charge on any atom is -0.476 e. The number of carbonyl (C=O) groups is 2. The molecule has 3 aromatic rings. The molecule has 0 spiro atoms. The second-order valence-electron chi connectivity index (χ2n) is 7.26. The minimum absolute atomic E-state index is 0.0458. The lowest BCUT2D eigenvalue weighted by Gasteiger charge is -2.14. The quantitative estimate of drug-likeness (QED) is 0.617. The number of carbonyl (C=O) groups excluding carboxylic acids is 1. The van der Waals surface area contributed by atoms with E-state index in [0.29, 0.717) is 5.92 Å². The van der Waals surface area contributed by atoms with Gasteiger partial charge in [-0.15, -0.1) is 0 Å². The molecule has 1 aromatic heterocycles. The number of nitrogens with one attached hydrogen (secondary N) is 1. The van der Waals surface area contributed by atoms with E-state index in [0.717, 1.165) is 40.1 Å². The SMILES string of the molecule is O=C(Nc1sc(C2CC2)nc1C(=O)O)OCC1c2ccccc2-c2ccccc21. The number of aromatic carboxylic acids is 1. The second-order valence-corrected chi connectivity index (χ2v) is 8.29. The monoisotopic (exact) mass is 406 g/mol. The summed E-state index contributed by atoms with van der Waals surface area (Å²) in [7, 11) is 0. The first-order chi connectivity index (χ1) is 14.1. The Kier molecular flexibility index (Phi) is 4.32. The normalized spacial score (nSPS) is 14.9. The lowest BCUT2D eigenvalue weighted by molar-refractivity contribution is 0.0692. The minimum atomic E-state index is -1.15. The molecule has 2 N–H and O–H groups in total. The smallest absolute Gasteiger partial charge is 0.412 e. The number of hydrogen-bond acceptors (Lipinski definition) is 5. The van der Waals surface area contributed by atoms with Crippen LogP contribution in [-0.4, -0.2) is 28.8 Å². The van der Waals surface area contributed by atoms with Crippen LogP contribution in [0.25, 0.3) is 11.1 Å². The second kappa shape index (κ2) is 7.00. The van der Waals surface area contributed by atoms with Crippen molar-refractivity contribution in [3.8, 4) is 11.1 Å². The molecule has 1 saturated carbocycles. The van der Waals surface area contributed by atoms with Crippen molar-refractivity contribution in [3.63, 3.8) is 0 Å². The topological polar surface area (TPSA) is 88.5 Å². The summed E-state index contributed by atoms with van der Waals surface area (Å²) in [5.74, 6) is -0.881. The van der Waals surface area contributed by atoms with Crippen LogP contribution in [0.15, 0.2) is 48.5 Å². The summed E-state index contributed by atoms with van der Waals surface area (Å²) >= 11 is 1.22. The van der Waals surface area contributed by atoms with Crippen LogP contribution in [0.5, 0.6) is 0 Å². The number of rotatable bonds is 5. The van der Waals surface area contributed by atoms with Crippen LogP contribution in [0.1, 0.15) is 51.3 Å². The third-order valence-electron chi connectivity index (χ3n) is 5.33. The number of carboxylic acids is 1. The third-order valence-corrected chi connectivity index (χ3v) is 6.47. The van der Waals surface area contributed by atoms with Gasteiger partial charge in [-0.2, -0.15) is 0 Å². The van der Waals surface area contributed by atoms with Crippen LogP contribution in [0.4, 0.5) is 9.80 Å². The first-order valence-electron chi connectivity index (χ1n) is 9.48. The number of carboxylic acid groups (broad SMARTS) is 1. The number of thiazole rings is 1. The Labute approximate surface area is 171 Å². The van der Waals surface area contributed by atoms with Crippen LogP contribution < -0.4 is 5.32 Å². The van der Waals surface area contributed by atoms with E-state index in [4.69, 9.17) is 4.74 Å². The average Bonchev–Trinajstić information content (AvgIpc) is 3.41. The molecule has 1 heterocycles. The molecule has 2 aromatic carbocycles. The van der Waals surface area contributed by atoms with Gasteiger partial charge in [0.05, 0.1) is 5.01 Å². The van der Waals surface area contributed by atoms with Crippen LogP contribution >= 0.6 is 11.3 Å². The number of fused-ring (bicyclic) bond motifs is 3. The summed E-state index contributed by atoms with van der Waals surface area (Å²) in [5, 5.41) is 12.9. The van der Waals surface area contributed by atoms with Gasteiger partial charge in [-0.3, -0.25) is 5.32 Å². The summed E-state index contributed by atoms with van der Waals surface area (Å²) < 4.78 is 5.50. The zero-order valence-electron chi connectivity index (χ0n) is 15.4. The predicted molar refractivity (Wildman–Crippen MR) is 110 cm³/mol. The standard InChI is InChI=1S/C22H18N2O4S/c25-21(26)18-20(29-19(23-18)12-9-10-12)24-22(27)28-11-17-15-7-3-1-5-13(15)14-6-2-4-8-16(14)17/h1-8,12,17H,9-11H2,(H,24,27)(H,25,26). The van der Waals surface area contributed by atoms with Gasteiger partial charge in [-0.25, -0.2) is 14.6 Å². The van der Waals surface area contributed by atoms with E-state index in [-0.39, 0.29) is 23.2 Å². The molecule has 0 saturated heterocycles. The van der Waals surface area contributed by atoms with E-state index < -0.39 is 12.1 Å². The zero-order valence-corrected chi connectivity index (χ0v) is 16.2. The van der Waals surface area contributed by atoms with Crippen LogP contribution in [0, 0.1) is 0 Å². The van der Waals surface area contributed by atoms with Crippen molar-refractivity contribution in [3.05, 3.63) is 70.4 Å². The van der Waals surface area contributed by atoms with E-state index in [2.05, 4.69) is 34.6 Å². The van der Waals surface area contributed by atoms with E-state index in [1.165, 1.54) is 11.3 Å². The van der Waals surface area contributed by atoms with E-state index in [1.54, 1.807) is 0 Å². The van der Waals surface area contributed by atoms with Gasteiger partial charge in [0.25, 0.3) is 0 Å². The molecule has 2 aliphatic rings. The van der Waals surface area contributed by atoms with Gasteiger partial charge in [-0.05, 0) is 35.1 Å². The molecule has 146 valence electrons. The van der Waals surface area contributed by atoms with Gasteiger partial charge < -0.3 is 9.84 Å². The average molecular weight is 406 g/mol. The van der Waals surface area contributed by atoms with E-state index >= 15 is 0 Å². The molecule has 29 heavy (non-hydrogen) atoms. The summed E-state index contributed by atoms with van der Waals surface area (Å²) in [6, 6.07) is 16.2. The lowest BCUT2D eigenvalue weighted by Crippen LogP contribution is -2.18. The van der Waals surface area contributed by atoms with E-state index in [9.17, 15) is 14.7 Å². The van der Waals surface area contributed by atoms with Crippen molar-refractivity contribution in [2.45, 2.75) is 24.7 Å². The predicted octanol–water partition coefficient (Wildman–Crippen LogP) is 5.08. The molecular weight excluding hydrogens is 388 g/mol. The molecule has 1 fully saturated rings. The molecule has 7 heteroatoms. The van der Waals surface area contributed by atoms with Gasteiger partial charge in [0.1, 0.15) is 11.6 Å². The molecule has 1 amide bonds. The van der Waals surface area contributed by atoms with Crippen molar-refractivity contribution in [2.24, 2.45) is 0 Å². The molecule has 0 atom stereocenters. The molecular formula is C22H18N2O4S. The fourth-order valence-corrected chi connectivity index (χ4v) is 4.91. The number of ether oxygens (including phenoxy) is 1. The van der Waals surface area contributed by atoms with Crippen molar-refractivity contribution >= 4 is 28.4 Å². The Hall–Kier alpha value is -3.19. The number of aromatic nitrogens is 1. The molecule has 0 aliphatic heterocycles. The van der Waals surface area contributed by atoms with Crippen molar-refractivity contribution < 1.29 is 19.4 Å². The molecule has 2 aliphatic carbocycles. The molecule has 6 nitrogen and oxygen atoms in total. The first kappa shape index (κ1) is 17.9.